The number of halogens is 4. The zero-order valence-corrected chi connectivity index (χ0v) is 24.5. The summed E-state index contributed by atoms with van der Waals surface area (Å²) in [4.78, 5) is 20.3. The van der Waals surface area contributed by atoms with E-state index in [0.717, 1.165) is 34.7 Å². The van der Waals surface area contributed by atoms with Crippen molar-refractivity contribution in [3.8, 4) is 11.4 Å². The molecule has 1 fully saturated rings. The van der Waals surface area contributed by atoms with E-state index in [1.165, 1.54) is 0 Å². The van der Waals surface area contributed by atoms with Gasteiger partial charge in [-0.2, -0.15) is 5.10 Å². The van der Waals surface area contributed by atoms with Gasteiger partial charge in [-0.25, -0.2) is 22.8 Å². The molecular formula is C29H35BrF3N5O2. The number of nitrogens with zero attached hydrogens (tertiary/aromatic N) is 4. The highest BCUT2D eigenvalue weighted by Gasteiger charge is 2.41. The van der Waals surface area contributed by atoms with Gasteiger partial charge in [0.25, 0.3) is 5.91 Å². The van der Waals surface area contributed by atoms with Crippen LogP contribution in [-0.2, 0) is 16.1 Å². The Morgan fingerprint density at radius 3 is 2.67 bits per heavy atom. The lowest BCUT2D eigenvalue weighted by Gasteiger charge is -2.41. The second-order valence-electron chi connectivity index (χ2n) is 11.2. The van der Waals surface area contributed by atoms with Crippen LogP contribution in [0.4, 0.5) is 13.2 Å². The van der Waals surface area contributed by atoms with Gasteiger partial charge in [0.05, 0.1) is 18.2 Å². The van der Waals surface area contributed by atoms with Crippen LogP contribution < -0.4 is 5.73 Å². The van der Waals surface area contributed by atoms with Gasteiger partial charge >= 0.3 is 0 Å². The maximum Gasteiger partial charge on any atom is 0.252 e. The smallest absolute Gasteiger partial charge is 0.252 e. The molecule has 7 nitrogen and oxygen atoms in total. The maximum atomic E-state index is 14.9. The molecule has 40 heavy (non-hydrogen) atoms. The van der Waals surface area contributed by atoms with Crippen LogP contribution in [0.25, 0.3) is 11.4 Å². The van der Waals surface area contributed by atoms with Crippen molar-refractivity contribution in [3.05, 3.63) is 70.0 Å². The summed E-state index contributed by atoms with van der Waals surface area (Å²) in [6.45, 7) is 6.08. The monoisotopic (exact) mass is 621 g/mol. The number of hydrogen-bond acceptors (Lipinski definition) is 5. The average Bonchev–Trinajstić information content (AvgIpc) is 3.57. The Morgan fingerprint density at radius 1 is 1.25 bits per heavy atom. The molecule has 0 aliphatic carbocycles. The molecule has 1 unspecified atom stereocenters. The number of carbonyl (C=O) groups excluding carboxylic acids is 1. The molecule has 11 heteroatoms. The first-order valence-corrected chi connectivity index (χ1v) is 14.2. The standard InChI is InChI=1S/C29H35BrF3N5O2/c1-29(2,3)25(37(12-11-21(34)16-31)28(39)24-8-5-13-40-24)27-35-26(22-15-20(32)9-10-23(22)33)36-38(27)17-18-6-4-7-19(30)14-18/h4,6-7,9-10,14-15,21,24-25H,5,8,11-13,16-17,34H2,1-3H3/t21-,24+,25?/m0/s1. The van der Waals surface area contributed by atoms with Gasteiger partial charge in [0.1, 0.15) is 24.4 Å². The minimum Gasteiger partial charge on any atom is -0.368 e. The predicted octanol–water partition coefficient (Wildman–Crippen LogP) is 5.82. The molecule has 0 saturated carbocycles. The van der Waals surface area contributed by atoms with E-state index >= 15 is 0 Å². The van der Waals surface area contributed by atoms with Gasteiger partial charge in [-0.05, 0) is 60.6 Å². The van der Waals surface area contributed by atoms with Gasteiger partial charge in [0.2, 0.25) is 0 Å². The highest BCUT2D eigenvalue weighted by molar-refractivity contribution is 9.10. The number of hydrogen-bond donors (Lipinski definition) is 1. The number of carbonyl (C=O) groups is 1. The van der Waals surface area contributed by atoms with Crippen molar-refractivity contribution in [3.63, 3.8) is 0 Å². The van der Waals surface area contributed by atoms with Crippen molar-refractivity contribution in [2.24, 2.45) is 11.1 Å². The highest BCUT2D eigenvalue weighted by Crippen LogP contribution is 2.40. The Balaban J connectivity index is 1.87. The Labute approximate surface area is 241 Å². The number of ether oxygens (including phenoxy) is 1. The first-order valence-electron chi connectivity index (χ1n) is 13.4. The zero-order chi connectivity index (χ0) is 29.0. The van der Waals surface area contributed by atoms with Crippen LogP contribution in [-0.4, -0.2) is 57.5 Å². The summed E-state index contributed by atoms with van der Waals surface area (Å²) < 4.78 is 50.6. The van der Waals surface area contributed by atoms with Gasteiger partial charge in [0, 0.05) is 23.7 Å². The quantitative estimate of drug-likeness (QED) is 0.308. The number of amides is 1. The van der Waals surface area contributed by atoms with Crippen LogP contribution in [0.2, 0.25) is 0 Å². The molecule has 1 aromatic heterocycles. The molecule has 3 aromatic rings. The largest absolute Gasteiger partial charge is 0.368 e. The van der Waals surface area contributed by atoms with Crippen LogP contribution in [0.1, 0.15) is 57.5 Å². The SMILES string of the molecule is CC(C)(C)C(c1nc(-c2cc(F)ccc2F)nn1Cc1cccc(Br)c1)N(CC[C@H](N)CF)C(=O)[C@H]1CCCO1. The van der Waals surface area contributed by atoms with Crippen molar-refractivity contribution in [1.29, 1.82) is 0 Å². The Hall–Kier alpha value is -2.76. The summed E-state index contributed by atoms with van der Waals surface area (Å²) in [6, 6.07) is 9.34. The summed E-state index contributed by atoms with van der Waals surface area (Å²) in [7, 11) is 0. The molecule has 0 bridgehead atoms. The van der Waals surface area contributed by atoms with Gasteiger partial charge in [0.15, 0.2) is 11.6 Å². The third-order valence-corrected chi connectivity index (χ3v) is 7.39. The molecule has 1 aliphatic rings. The summed E-state index contributed by atoms with van der Waals surface area (Å²) in [5.41, 5.74) is 6.13. The third-order valence-electron chi connectivity index (χ3n) is 6.89. The number of benzene rings is 2. The molecule has 1 amide bonds. The second kappa shape index (κ2) is 12.8. The number of nitrogens with two attached hydrogens (primary N) is 1. The molecule has 3 atom stereocenters. The predicted molar refractivity (Wildman–Crippen MR) is 150 cm³/mol. The molecule has 2 aromatic carbocycles. The third kappa shape index (κ3) is 7.11. The minimum atomic E-state index is -0.739. The van der Waals surface area contributed by atoms with E-state index in [1.807, 2.05) is 45.0 Å². The van der Waals surface area contributed by atoms with Crippen LogP contribution in [0, 0.1) is 17.0 Å². The molecule has 0 radical (unpaired) electrons. The lowest BCUT2D eigenvalue weighted by molar-refractivity contribution is -0.146. The van der Waals surface area contributed by atoms with Crippen molar-refractivity contribution < 1.29 is 22.7 Å². The summed E-state index contributed by atoms with van der Waals surface area (Å²) in [5, 5.41) is 4.62. The molecule has 0 spiro atoms. The maximum absolute atomic E-state index is 14.9. The molecule has 1 aliphatic heterocycles. The fourth-order valence-corrected chi connectivity index (χ4v) is 5.41. The number of rotatable bonds is 10. The fourth-order valence-electron chi connectivity index (χ4n) is 4.96. The van der Waals surface area contributed by atoms with E-state index in [1.54, 1.807) is 9.58 Å². The lowest BCUT2D eigenvalue weighted by Crippen LogP contribution is -2.48. The van der Waals surface area contributed by atoms with E-state index in [-0.39, 0.29) is 36.8 Å². The fraction of sp³-hybridized carbons (Fsp3) is 0.483. The molecular weight excluding hydrogens is 587 g/mol. The Morgan fingerprint density at radius 2 is 2.02 bits per heavy atom. The summed E-state index contributed by atoms with van der Waals surface area (Å²) >= 11 is 3.49. The van der Waals surface area contributed by atoms with Crippen molar-refractivity contribution in [2.45, 2.75) is 64.8 Å². The first-order chi connectivity index (χ1) is 19.0. The van der Waals surface area contributed by atoms with Gasteiger partial charge in [-0.3, -0.25) is 4.79 Å². The van der Waals surface area contributed by atoms with Crippen LogP contribution in [0.3, 0.4) is 0 Å². The van der Waals surface area contributed by atoms with Gasteiger partial charge in [-0.1, -0.05) is 48.8 Å². The van der Waals surface area contributed by atoms with Gasteiger partial charge in [-0.15, -0.1) is 0 Å². The highest BCUT2D eigenvalue weighted by atomic mass is 79.9. The lowest BCUT2D eigenvalue weighted by atomic mass is 9.84. The van der Waals surface area contributed by atoms with Crippen LogP contribution >= 0.6 is 15.9 Å². The average molecular weight is 623 g/mol. The van der Waals surface area contributed by atoms with E-state index in [0.29, 0.717) is 18.9 Å². The van der Waals surface area contributed by atoms with E-state index in [9.17, 15) is 18.0 Å². The normalized spacial score (nSPS) is 17.1. The Bertz CT molecular complexity index is 1320. The molecule has 216 valence electrons. The van der Waals surface area contributed by atoms with Crippen molar-refractivity contribution >= 4 is 21.8 Å². The zero-order valence-electron chi connectivity index (χ0n) is 22.9. The summed E-state index contributed by atoms with van der Waals surface area (Å²) in [6.07, 6.45) is 0.933. The van der Waals surface area contributed by atoms with Crippen molar-refractivity contribution in [2.75, 3.05) is 19.8 Å². The number of aromatic nitrogens is 3. The van der Waals surface area contributed by atoms with Crippen LogP contribution in [0.5, 0.6) is 0 Å². The molecule has 4 rings (SSSR count). The second-order valence-corrected chi connectivity index (χ2v) is 12.1. The Kier molecular flexibility index (Phi) is 9.68. The van der Waals surface area contributed by atoms with Crippen LogP contribution in [0.15, 0.2) is 46.9 Å². The van der Waals surface area contributed by atoms with E-state index in [4.69, 9.17) is 15.5 Å². The molecule has 2 heterocycles. The molecule has 1 saturated heterocycles. The molecule has 2 N–H and O–H groups in total. The van der Waals surface area contributed by atoms with E-state index in [2.05, 4.69) is 21.0 Å². The van der Waals surface area contributed by atoms with E-state index < -0.39 is 41.9 Å². The van der Waals surface area contributed by atoms with Crippen molar-refractivity contribution in [1.82, 2.24) is 19.7 Å². The minimum absolute atomic E-state index is 0.00113. The van der Waals surface area contributed by atoms with Gasteiger partial charge < -0.3 is 15.4 Å². The first kappa shape index (κ1) is 30.2. The number of alkyl halides is 1. The topological polar surface area (TPSA) is 86.3 Å². The summed E-state index contributed by atoms with van der Waals surface area (Å²) in [5.74, 6) is -1.13.